The Kier molecular flexibility index (Phi) is 3.64. The van der Waals surface area contributed by atoms with Crippen molar-refractivity contribution in [3.8, 4) is 0 Å². The van der Waals surface area contributed by atoms with Gasteiger partial charge in [-0.05, 0) is 25.1 Å². The van der Waals surface area contributed by atoms with E-state index in [2.05, 4.69) is 34.1 Å². The molecule has 0 saturated carbocycles. The van der Waals surface area contributed by atoms with Crippen LogP contribution in [0.1, 0.15) is 19.5 Å². The van der Waals surface area contributed by atoms with Crippen LogP contribution in [-0.2, 0) is 6.42 Å². The van der Waals surface area contributed by atoms with Crippen molar-refractivity contribution >= 4 is 11.2 Å². The van der Waals surface area contributed by atoms with Gasteiger partial charge in [0.1, 0.15) is 5.52 Å². The summed E-state index contributed by atoms with van der Waals surface area (Å²) in [5.74, 6) is 0.583. The molecule has 0 fully saturated rings. The summed E-state index contributed by atoms with van der Waals surface area (Å²) in [4.78, 5) is 13.0. The van der Waals surface area contributed by atoms with E-state index in [0.717, 1.165) is 23.3 Å². The van der Waals surface area contributed by atoms with E-state index in [4.69, 9.17) is 0 Å². The minimum absolute atomic E-state index is 0.441. The molecule has 90 valence electrons. The third-order valence-corrected chi connectivity index (χ3v) is 2.99. The lowest BCUT2D eigenvalue weighted by Gasteiger charge is -2.19. The molecule has 0 aliphatic heterocycles. The highest BCUT2D eigenvalue weighted by atomic mass is 14.9. The number of nitrogens with one attached hydrogen (secondary N) is 1. The molecular formula is C13H18N4. The molecule has 0 bridgehead atoms. The molecule has 2 aromatic rings. The molecular weight excluding hydrogens is 212 g/mol. The summed E-state index contributed by atoms with van der Waals surface area (Å²) in [5.41, 5.74) is 2.64. The van der Waals surface area contributed by atoms with Crippen LogP contribution in [0.15, 0.2) is 24.5 Å². The van der Waals surface area contributed by atoms with E-state index in [1.807, 2.05) is 19.2 Å². The van der Waals surface area contributed by atoms with Crippen LogP contribution in [0.2, 0.25) is 0 Å². The number of pyridine rings is 1. The third kappa shape index (κ3) is 2.77. The summed E-state index contributed by atoms with van der Waals surface area (Å²) in [6.07, 6.45) is 4.28. The normalized spacial score (nSPS) is 13.2. The lowest BCUT2D eigenvalue weighted by Crippen LogP contribution is -2.33. The van der Waals surface area contributed by atoms with Crippen molar-refractivity contribution in [3.63, 3.8) is 0 Å². The lowest BCUT2D eigenvalue weighted by atomic mass is 9.99. The quantitative estimate of drug-likeness (QED) is 0.870. The van der Waals surface area contributed by atoms with Crippen LogP contribution in [0.4, 0.5) is 0 Å². The first-order valence-electron chi connectivity index (χ1n) is 5.94. The van der Waals surface area contributed by atoms with Gasteiger partial charge >= 0.3 is 0 Å². The van der Waals surface area contributed by atoms with Crippen LogP contribution in [-0.4, -0.2) is 28.0 Å². The summed E-state index contributed by atoms with van der Waals surface area (Å²) < 4.78 is 0. The molecule has 2 heterocycles. The minimum Gasteiger partial charge on any atom is -0.316 e. The molecule has 0 spiro atoms. The SMILES string of the molecule is CNC(Cc1ccc2nccnc2n1)C(C)C. The molecule has 1 atom stereocenters. The third-order valence-electron chi connectivity index (χ3n) is 2.99. The Morgan fingerprint density at radius 2 is 1.94 bits per heavy atom. The van der Waals surface area contributed by atoms with E-state index in [0.29, 0.717) is 12.0 Å². The Balaban J connectivity index is 2.24. The van der Waals surface area contributed by atoms with Crippen LogP contribution < -0.4 is 5.32 Å². The highest BCUT2D eigenvalue weighted by molar-refractivity contribution is 5.68. The maximum atomic E-state index is 4.53. The van der Waals surface area contributed by atoms with Crippen LogP contribution in [0.25, 0.3) is 11.2 Å². The summed E-state index contributed by atoms with van der Waals surface area (Å²) in [7, 11) is 1.99. The van der Waals surface area contributed by atoms with Gasteiger partial charge in [0.15, 0.2) is 5.65 Å². The van der Waals surface area contributed by atoms with Gasteiger partial charge in [0.05, 0.1) is 0 Å². The van der Waals surface area contributed by atoms with Crippen molar-refractivity contribution in [2.24, 2.45) is 5.92 Å². The lowest BCUT2D eigenvalue weighted by molar-refractivity contribution is 0.422. The number of fused-ring (bicyclic) bond motifs is 1. The second-order valence-electron chi connectivity index (χ2n) is 4.54. The Bertz CT molecular complexity index is 495. The van der Waals surface area contributed by atoms with Gasteiger partial charge in [-0.1, -0.05) is 13.8 Å². The van der Waals surface area contributed by atoms with Gasteiger partial charge in [0.2, 0.25) is 0 Å². The fourth-order valence-corrected chi connectivity index (χ4v) is 1.90. The molecule has 1 N–H and O–H groups in total. The Morgan fingerprint density at radius 3 is 2.65 bits per heavy atom. The van der Waals surface area contributed by atoms with Crippen LogP contribution in [0.3, 0.4) is 0 Å². The number of hydrogen-bond acceptors (Lipinski definition) is 4. The van der Waals surface area contributed by atoms with E-state index in [1.165, 1.54) is 0 Å². The van der Waals surface area contributed by atoms with E-state index in [1.54, 1.807) is 12.4 Å². The van der Waals surface area contributed by atoms with Gasteiger partial charge in [-0.25, -0.2) is 9.97 Å². The number of nitrogens with zero attached hydrogens (tertiary/aromatic N) is 3. The van der Waals surface area contributed by atoms with Crippen molar-refractivity contribution in [1.29, 1.82) is 0 Å². The van der Waals surface area contributed by atoms with Crippen molar-refractivity contribution in [2.75, 3.05) is 7.05 Å². The highest BCUT2D eigenvalue weighted by Gasteiger charge is 2.12. The molecule has 4 heteroatoms. The topological polar surface area (TPSA) is 50.7 Å². The first-order chi connectivity index (χ1) is 8.20. The molecule has 0 amide bonds. The standard InChI is InChI=1S/C13H18N4/c1-9(2)12(14-3)8-10-4-5-11-13(17-10)16-7-6-15-11/h4-7,9,12,14H,8H2,1-3H3. The van der Waals surface area contributed by atoms with Gasteiger partial charge < -0.3 is 5.32 Å². The minimum atomic E-state index is 0.441. The molecule has 0 radical (unpaired) electrons. The fourth-order valence-electron chi connectivity index (χ4n) is 1.90. The van der Waals surface area contributed by atoms with Gasteiger partial charge in [0.25, 0.3) is 0 Å². The number of hydrogen-bond donors (Lipinski definition) is 1. The summed E-state index contributed by atoms with van der Waals surface area (Å²) >= 11 is 0. The predicted octanol–water partition coefficient (Wildman–Crippen LogP) is 1.81. The fraction of sp³-hybridized carbons (Fsp3) is 0.462. The Labute approximate surface area is 102 Å². The number of rotatable bonds is 4. The zero-order valence-electron chi connectivity index (χ0n) is 10.5. The average molecular weight is 230 g/mol. The largest absolute Gasteiger partial charge is 0.316 e. The number of likely N-dealkylation sites (N-methyl/N-ethyl adjacent to an activating group) is 1. The first-order valence-corrected chi connectivity index (χ1v) is 5.94. The predicted molar refractivity (Wildman–Crippen MR) is 68.7 cm³/mol. The van der Waals surface area contributed by atoms with Crippen LogP contribution in [0, 0.1) is 5.92 Å². The maximum Gasteiger partial charge on any atom is 0.178 e. The van der Waals surface area contributed by atoms with Gasteiger partial charge in [-0.3, -0.25) is 4.98 Å². The summed E-state index contributed by atoms with van der Waals surface area (Å²) in [5, 5.41) is 3.32. The average Bonchev–Trinajstić information content (AvgIpc) is 2.35. The Morgan fingerprint density at radius 1 is 1.18 bits per heavy atom. The molecule has 2 rings (SSSR count). The summed E-state index contributed by atoms with van der Waals surface area (Å²) in [6, 6.07) is 4.46. The molecule has 2 aromatic heterocycles. The monoisotopic (exact) mass is 230 g/mol. The smallest absolute Gasteiger partial charge is 0.178 e. The van der Waals surface area contributed by atoms with E-state index >= 15 is 0 Å². The van der Waals surface area contributed by atoms with Gasteiger partial charge in [-0.15, -0.1) is 0 Å². The maximum absolute atomic E-state index is 4.53. The number of aromatic nitrogens is 3. The van der Waals surface area contributed by atoms with Gasteiger partial charge in [-0.2, -0.15) is 0 Å². The molecule has 17 heavy (non-hydrogen) atoms. The highest BCUT2D eigenvalue weighted by Crippen LogP contribution is 2.11. The molecule has 0 aromatic carbocycles. The van der Waals surface area contributed by atoms with E-state index in [9.17, 15) is 0 Å². The zero-order chi connectivity index (χ0) is 12.3. The molecule has 0 aliphatic rings. The van der Waals surface area contributed by atoms with E-state index < -0.39 is 0 Å². The van der Waals surface area contributed by atoms with Crippen molar-refractivity contribution in [1.82, 2.24) is 20.3 Å². The second kappa shape index (κ2) is 5.19. The summed E-state index contributed by atoms with van der Waals surface area (Å²) in [6.45, 7) is 4.42. The van der Waals surface area contributed by atoms with Crippen molar-refractivity contribution < 1.29 is 0 Å². The second-order valence-corrected chi connectivity index (χ2v) is 4.54. The van der Waals surface area contributed by atoms with Crippen molar-refractivity contribution in [2.45, 2.75) is 26.3 Å². The molecule has 1 unspecified atom stereocenters. The van der Waals surface area contributed by atoms with Crippen LogP contribution in [0.5, 0.6) is 0 Å². The Hall–Kier alpha value is -1.55. The molecule has 0 aliphatic carbocycles. The first kappa shape index (κ1) is 11.9. The van der Waals surface area contributed by atoms with Gasteiger partial charge in [0, 0.05) is 30.6 Å². The zero-order valence-corrected chi connectivity index (χ0v) is 10.5. The molecule has 0 saturated heterocycles. The molecule has 4 nitrogen and oxygen atoms in total. The van der Waals surface area contributed by atoms with Crippen molar-refractivity contribution in [3.05, 3.63) is 30.2 Å². The van der Waals surface area contributed by atoms with Crippen LogP contribution >= 0.6 is 0 Å². The van der Waals surface area contributed by atoms with E-state index in [-0.39, 0.29) is 0 Å².